The molecule has 0 unspecified atom stereocenters. The Morgan fingerprint density at radius 2 is 2.19 bits per heavy atom. The number of hydrogen-bond acceptors (Lipinski definition) is 3. The molecule has 0 aliphatic rings. The van der Waals surface area contributed by atoms with E-state index in [0.717, 1.165) is 11.3 Å². The molecule has 3 N–H and O–H groups in total. The fraction of sp³-hybridized carbons (Fsp3) is 0.417. The van der Waals surface area contributed by atoms with Crippen molar-refractivity contribution in [3.63, 3.8) is 0 Å². The highest BCUT2D eigenvalue weighted by Crippen LogP contribution is 2.15. The number of ether oxygens (including phenoxy) is 1. The van der Waals surface area contributed by atoms with Crippen LogP contribution in [0.4, 0.5) is 0 Å². The number of carbonyl (C=O) groups is 1. The van der Waals surface area contributed by atoms with Crippen LogP contribution in [0, 0.1) is 6.92 Å². The Morgan fingerprint density at radius 1 is 1.50 bits per heavy atom. The van der Waals surface area contributed by atoms with Crippen molar-refractivity contribution in [3.8, 4) is 5.75 Å². The summed E-state index contributed by atoms with van der Waals surface area (Å²) >= 11 is 0. The van der Waals surface area contributed by atoms with Crippen LogP contribution in [0.15, 0.2) is 24.3 Å². The van der Waals surface area contributed by atoms with Crippen LogP contribution in [-0.2, 0) is 4.79 Å². The van der Waals surface area contributed by atoms with Gasteiger partial charge in [-0.25, -0.2) is 0 Å². The zero-order chi connectivity index (χ0) is 12.0. The van der Waals surface area contributed by atoms with Crippen molar-refractivity contribution in [1.82, 2.24) is 5.32 Å². The van der Waals surface area contributed by atoms with Gasteiger partial charge in [-0.1, -0.05) is 18.2 Å². The summed E-state index contributed by atoms with van der Waals surface area (Å²) < 4.78 is 5.51. The number of aryl methyl sites for hydroxylation is 1. The minimum atomic E-state index is -0.474. The molecule has 0 spiro atoms. The summed E-state index contributed by atoms with van der Waals surface area (Å²) in [5.41, 5.74) is 6.48. The number of rotatable bonds is 5. The van der Waals surface area contributed by atoms with Gasteiger partial charge in [0.15, 0.2) is 0 Å². The van der Waals surface area contributed by atoms with Gasteiger partial charge in [-0.05, 0) is 25.5 Å². The maximum Gasteiger partial charge on any atom is 0.236 e. The molecule has 0 heterocycles. The second-order valence-electron chi connectivity index (χ2n) is 3.69. The number of carbonyl (C=O) groups excluding carboxylic acids is 1. The molecule has 1 aromatic rings. The van der Waals surface area contributed by atoms with Crippen LogP contribution in [-0.4, -0.2) is 25.1 Å². The number of amides is 1. The Bertz CT molecular complexity index is 351. The lowest BCUT2D eigenvalue weighted by atomic mass is 10.2. The first-order valence-electron chi connectivity index (χ1n) is 5.33. The molecule has 0 fully saturated rings. The first-order chi connectivity index (χ1) is 7.61. The summed E-state index contributed by atoms with van der Waals surface area (Å²) in [4.78, 5) is 11.1. The minimum Gasteiger partial charge on any atom is -0.491 e. The van der Waals surface area contributed by atoms with Crippen molar-refractivity contribution in [1.29, 1.82) is 0 Å². The smallest absolute Gasteiger partial charge is 0.236 e. The summed E-state index contributed by atoms with van der Waals surface area (Å²) in [5.74, 6) is 0.686. The van der Waals surface area contributed by atoms with Gasteiger partial charge in [0, 0.05) is 0 Å². The van der Waals surface area contributed by atoms with Gasteiger partial charge >= 0.3 is 0 Å². The zero-order valence-electron chi connectivity index (χ0n) is 9.69. The normalized spacial score (nSPS) is 11.9. The van der Waals surface area contributed by atoms with Crippen molar-refractivity contribution < 1.29 is 9.53 Å². The van der Waals surface area contributed by atoms with Crippen molar-refractivity contribution in [2.45, 2.75) is 19.9 Å². The fourth-order valence-corrected chi connectivity index (χ4v) is 1.21. The maximum atomic E-state index is 11.1. The predicted octanol–water partition coefficient (Wildman–Crippen LogP) is 0.837. The summed E-state index contributed by atoms with van der Waals surface area (Å²) in [6.45, 7) is 4.55. The van der Waals surface area contributed by atoms with Gasteiger partial charge in [0.2, 0.25) is 5.91 Å². The van der Waals surface area contributed by atoms with Crippen LogP contribution in [0.2, 0.25) is 0 Å². The Morgan fingerprint density at radius 3 is 2.81 bits per heavy atom. The van der Waals surface area contributed by atoms with Gasteiger partial charge in [-0.15, -0.1) is 0 Å². The summed E-state index contributed by atoms with van der Waals surface area (Å²) in [5, 5.41) is 2.68. The van der Waals surface area contributed by atoms with E-state index < -0.39 is 6.04 Å². The van der Waals surface area contributed by atoms with Crippen LogP contribution < -0.4 is 15.8 Å². The average Bonchev–Trinajstić information content (AvgIpc) is 2.26. The topological polar surface area (TPSA) is 64.3 Å². The quantitative estimate of drug-likeness (QED) is 0.725. The lowest BCUT2D eigenvalue weighted by molar-refractivity contribution is -0.122. The number of hydrogen-bond donors (Lipinski definition) is 2. The third kappa shape index (κ3) is 3.90. The lowest BCUT2D eigenvalue weighted by Gasteiger charge is -2.10. The maximum absolute atomic E-state index is 11.1. The summed E-state index contributed by atoms with van der Waals surface area (Å²) in [6, 6.07) is 7.29. The van der Waals surface area contributed by atoms with E-state index in [1.165, 1.54) is 0 Å². The van der Waals surface area contributed by atoms with Crippen LogP contribution in [0.5, 0.6) is 5.75 Å². The van der Waals surface area contributed by atoms with E-state index in [2.05, 4.69) is 5.32 Å². The molecule has 0 saturated heterocycles. The van der Waals surface area contributed by atoms with Crippen molar-refractivity contribution in [2.24, 2.45) is 5.73 Å². The first-order valence-corrected chi connectivity index (χ1v) is 5.33. The number of benzene rings is 1. The summed E-state index contributed by atoms with van der Waals surface area (Å²) in [6.07, 6.45) is 0. The van der Waals surface area contributed by atoms with Gasteiger partial charge in [0.05, 0.1) is 12.6 Å². The lowest BCUT2D eigenvalue weighted by Crippen LogP contribution is -2.40. The molecule has 0 aliphatic heterocycles. The molecule has 16 heavy (non-hydrogen) atoms. The molecule has 0 bridgehead atoms. The molecular weight excluding hydrogens is 204 g/mol. The minimum absolute atomic E-state index is 0.159. The molecule has 0 saturated carbocycles. The molecule has 0 aliphatic carbocycles. The van der Waals surface area contributed by atoms with Crippen molar-refractivity contribution in [2.75, 3.05) is 13.2 Å². The molecule has 1 amide bonds. The number of nitrogens with two attached hydrogens (primary N) is 1. The predicted molar refractivity (Wildman–Crippen MR) is 63.3 cm³/mol. The molecule has 4 nitrogen and oxygen atoms in total. The Hall–Kier alpha value is -1.55. The van der Waals surface area contributed by atoms with E-state index >= 15 is 0 Å². The highest BCUT2D eigenvalue weighted by Gasteiger charge is 2.05. The SMILES string of the molecule is Cc1ccccc1OCCNC(=O)[C@@H](C)N. The van der Waals surface area contributed by atoms with Crippen molar-refractivity contribution in [3.05, 3.63) is 29.8 Å². The molecule has 1 aromatic carbocycles. The second kappa shape index (κ2) is 6.12. The number of para-hydroxylation sites is 1. The third-order valence-electron chi connectivity index (χ3n) is 2.17. The molecule has 0 aromatic heterocycles. The van der Waals surface area contributed by atoms with E-state index in [9.17, 15) is 4.79 Å². The van der Waals surface area contributed by atoms with E-state index in [0.29, 0.717) is 13.2 Å². The third-order valence-corrected chi connectivity index (χ3v) is 2.17. The molecular formula is C12H18N2O2. The Kier molecular flexibility index (Phi) is 4.79. The average molecular weight is 222 g/mol. The Labute approximate surface area is 95.8 Å². The molecule has 4 heteroatoms. The standard InChI is InChI=1S/C12H18N2O2/c1-9-5-3-4-6-11(9)16-8-7-14-12(15)10(2)13/h3-6,10H,7-8,13H2,1-2H3,(H,14,15)/t10-/m1/s1. The van der Waals surface area contributed by atoms with Gasteiger partial charge in [-0.2, -0.15) is 0 Å². The molecule has 1 atom stereocenters. The van der Waals surface area contributed by atoms with Gasteiger partial charge in [-0.3, -0.25) is 4.79 Å². The molecule has 88 valence electrons. The highest BCUT2D eigenvalue weighted by atomic mass is 16.5. The largest absolute Gasteiger partial charge is 0.491 e. The van der Waals surface area contributed by atoms with Gasteiger partial charge in [0.25, 0.3) is 0 Å². The second-order valence-corrected chi connectivity index (χ2v) is 3.69. The van der Waals surface area contributed by atoms with Gasteiger partial charge < -0.3 is 15.8 Å². The van der Waals surface area contributed by atoms with Gasteiger partial charge in [0.1, 0.15) is 12.4 Å². The number of nitrogens with one attached hydrogen (secondary N) is 1. The highest BCUT2D eigenvalue weighted by molar-refractivity contribution is 5.80. The molecule has 0 radical (unpaired) electrons. The zero-order valence-corrected chi connectivity index (χ0v) is 9.69. The van der Waals surface area contributed by atoms with Crippen LogP contribution in [0.25, 0.3) is 0 Å². The van der Waals surface area contributed by atoms with Crippen molar-refractivity contribution >= 4 is 5.91 Å². The van der Waals surface area contributed by atoms with Crippen LogP contribution in [0.1, 0.15) is 12.5 Å². The monoisotopic (exact) mass is 222 g/mol. The molecule has 1 rings (SSSR count). The summed E-state index contributed by atoms with van der Waals surface area (Å²) in [7, 11) is 0. The van der Waals surface area contributed by atoms with E-state index in [-0.39, 0.29) is 5.91 Å². The van der Waals surface area contributed by atoms with E-state index in [1.807, 2.05) is 31.2 Å². The van der Waals surface area contributed by atoms with E-state index in [4.69, 9.17) is 10.5 Å². The first kappa shape index (κ1) is 12.5. The Balaban J connectivity index is 2.26. The van der Waals surface area contributed by atoms with Crippen LogP contribution >= 0.6 is 0 Å². The van der Waals surface area contributed by atoms with Crippen LogP contribution in [0.3, 0.4) is 0 Å². The fourth-order valence-electron chi connectivity index (χ4n) is 1.21. The van der Waals surface area contributed by atoms with E-state index in [1.54, 1.807) is 6.92 Å².